The van der Waals surface area contributed by atoms with E-state index in [0.29, 0.717) is 17.1 Å². The summed E-state index contributed by atoms with van der Waals surface area (Å²) in [5, 5.41) is -0.707. The van der Waals surface area contributed by atoms with E-state index < -0.39 is 18.0 Å². The van der Waals surface area contributed by atoms with E-state index in [1.165, 1.54) is 14.2 Å². The van der Waals surface area contributed by atoms with Crippen molar-refractivity contribution in [1.29, 1.82) is 0 Å². The summed E-state index contributed by atoms with van der Waals surface area (Å²) in [7, 11) is 2.97. The van der Waals surface area contributed by atoms with Crippen LogP contribution in [0.1, 0.15) is 29.3 Å². The first-order valence-corrected chi connectivity index (χ1v) is 6.15. The third kappa shape index (κ3) is 4.49. The SMILES string of the molecule is COc1cc(C)c(C(Cl)CCC(F)(F)F)cc1OC. The van der Waals surface area contributed by atoms with Gasteiger partial charge in [0.25, 0.3) is 0 Å². The van der Waals surface area contributed by atoms with Crippen LogP contribution < -0.4 is 9.47 Å². The molecular weight excluding hydrogens is 281 g/mol. The monoisotopic (exact) mass is 296 g/mol. The molecule has 6 heteroatoms. The highest BCUT2D eigenvalue weighted by Gasteiger charge is 2.28. The zero-order chi connectivity index (χ0) is 14.6. The van der Waals surface area contributed by atoms with Crippen LogP contribution in [0.2, 0.25) is 0 Å². The molecule has 0 saturated carbocycles. The van der Waals surface area contributed by atoms with Gasteiger partial charge in [-0.1, -0.05) is 0 Å². The largest absolute Gasteiger partial charge is 0.493 e. The molecule has 0 bridgehead atoms. The van der Waals surface area contributed by atoms with Crippen molar-refractivity contribution < 1.29 is 22.6 Å². The average Bonchev–Trinajstić information content (AvgIpc) is 2.34. The van der Waals surface area contributed by atoms with Gasteiger partial charge in [0.1, 0.15) is 0 Å². The van der Waals surface area contributed by atoms with Gasteiger partial charge in [-0.15, -0.1) is 11.6 Å². The summed E-state index contributed by atoms with van der Waals surface area (Å²) in [4.78, 5) is 0. The maximum atomic E-state index is 12.2. The Kier molecular flexibility index (Phi) is 5.35. The summed E-state index contributed by atoms with van der Waals surface area (Å²) in [6, 6.07) is 3.33. The second kappa shape index (κ2) is 6.37. The number of halogens is 4. The molecule has 1 atom stereocenters. The lowest BCUT2D eigenvalue weighted by Gasteiger charge is -2.17. The van der Waals surface area contributed by atoms with Crippen molar-refractivity contribution in [2.75, 3.05) is 14.2 Å². The smallest absolute Gasteiger partial charge is 0.389 e. The second-order valence-electron chi connectivity index (χ2n) is 4.19. The van der Waals surface area contributed by atoms with Gasteiger partial charge >= 0.3 is 6.18 Å². The van der Waals surface area contributed by atoms with Crippen molar-refractivity contribution >= 4 is 11.6 Å². The summed E-state index contributed by atoms with van der Waals surface area (Å²) in [5.74, 6) is 0.990. The van der Waals surface area contributed by atoms with Gasteiger partial charge < -0.3 is 9.47 Å². The normalized spacial score (nSPS) is 13.2. The molecule has 1 unspecified atom stereocenters. The van der Waals surface area contributed by atoms with Crippen LogP contribution >= 0.6 is 11.6 Å². The molecule has 2 nitrogen and oxygen atoms in total. The number of aryl methyl sites for hydroxylation is 1. The molecule has 0 radical (unpaired) electrons. The van der Waals surface area contributed by atoms with Crippen LogP contribution in [0, 0.1) is 6.92 Å². The Bertz CT molecular complexity index is 433. The number of hydrogen-bond acceptors (Lipinski definition) is 2. The average molecular weight is 297 g/mol. The summed E-state index contributed by atoms with van der Waals surface area (Å²) in [6.45, 7) is 1.78. The minimum absolute atomic E-state index is 0.165. The molecule has 108 valence electrons. The molecule has 0 aromatic heterocycles. The fraction of sp³-hybridized carbons (Fsp3) is 0.538. The lowest BCUT2D eigenvalue weighted by molar-refractivity contribution is -0.135. The van der Waals surface area contributed by atoms with E-state index in [1.54, 1.807) is 19.1 Å². The number of ether oxygens (including phenoxy) is 2. The highest BCUT2D eigenvalue weighted by atomic mass is 35.5. The quantitative estimate of drug-likeness (QED) is 0.737. The Morgan fingerprint density at radius 3 is 2.16 bits per heavy atom. The standard InChI is InChI=1S/C13H16ClF3O2/c1-8-6-11(18-2)12(19-3)7-9(8)10(14)4-5-13(15,16)17/h6-7,10H,4-5H2,1-3H3. The molecule has 0 aliphatic heterocycles. The van der Waals surface area contributed by atoms with Gasteiger partial charge in [0.05, 0.1) is 19.6 Å². The molecule has 0 aliphatic rings. The minimum atomic E-state index is -4.20. The van der Waals surface area contributed by atoms with Crippen LogP contribution in [0.15, 0.2) is 12.1 Å². The fourth-order valence-corrected chi connectivity index (χ4v) is 2.12. The number of benzene rings is 1. The molecule has 0 N–H and O–H groups in total. The number of alkyl halides is 4. The molecule has 0 spiro atoms. The van der Waals surface area contributed by atoms with E-state index in [4.69, 9.17) is 21.1 Å². The van der Waals surface area contributed by atoms with Crippen molar-refractivity contribution in [1.82, 2.24) is 0 Å². The molecule has 0 fully saturated rings. The molecule has 1 rings (SSSR count). The Balaban J connectivity index is 2.93. The maximum absolute atomic E-state index is 12.2. The molecule has 0 heterocycles. The zero-order valence-electron chi connectivity index (χ0n) is 11.0. The van der Waals surface area contributed by atoms with Gasteiger partial charge in [-0.05, 0) is 36.6 Å². The van der Waals surface area contributed by atoms with E-state index in [1.807, 2.05) is 0 Å². The topological polar surface area (TPSA) is 18.5 Å². The lowest BCUT2D eigenvalue weighted by atomic mass is 10.0. The number of hydrogen-bond donors (Lipinski definition) is 0. The van der Waals surface area contributed by atoms with Crippen LogP contribution in [-0.4, -0.2) is 20.4 Å². The van der Waals surface area contributed by atoms with Gasteiger partial charge in [0.15, 0.2) is 11.5 Å². The molecule has 19 heavy (non-hydrogen) atoms. The van der Waals surface area contributed by atoms with Gasteiger partial charge in [0.2, 0.25) is 0 Å². The summed E-state index contributed by atoms with van der Waals surface area (Å²) < 4.78 is 46.8. The van der Waals surface area contributed by atoms with Crippen molar-refractivity contribution in [2.24, 2.45) is 0 Å². The number of methoxy groups -OCH3 is 2. The molecule has 0 aliphatic carbocycles. The van der Waals surface area contributed by atoms with Gasteiger partial charge in [-0.2, -0.15) is 13.2 Å². The van der Waals surface area contributed by atoms with Gasteiger partial charge in [-0.25, -0.2) is 0 Å². The predicted octanol–water partition coefficient (Wildman–Crippen LogP) is 4.63. The summed E-state index contributed by atoms with van der Waals surface area (Å²) >= 11 is 6.05. The van der Waals surface area contributed by atoms with Crippen molar-refractivity contribution in [3.63, 3.8) is 0 Å². The van der Waals surface area contributed by atoms with Crippen molar-refractivity contribution in [3.05, 3.63) is 23.3 Å². The second-order valence-corrected chi connectivity index (χ2v) is 4.71. The first-order chi connectivity index (χ1) is 8.78. The minimum Gasteiger partial charge on any atom is -0.493 e. The van der Waals surface area contributed by atoms with Crippen molar-refractivity contribution in [2.45, 2.75) is 31.3 Å². The van der Waals surface area contributed by atoms with Crippen LogP contribution in [0.3, 0.4) is 0 Å². The number of rotatable bonds is 5. The first kappa shape index (κ1) is 16.0. The Morgan fingerprint density at radius 2 is 1.68 bits per heavy atom. The Morgan fingerprint density at radius 1 is 1.16 bits per heavy atom. The van der Waals surface area contributed by atoms with Crippen LogP contribution in [-0.2, 0) is 0 Å². The predicted molar refractivity (Wildman–Crippen MR) is 68.2 cm³/mol. The summed E-state index contributed by atoms with van der Waals surface area (Å²) in [6.07, 6.45) is -5.27. The van der Waals surface area contributed by atoms with E-state index in [2.05, 4.69) is 0 Å². The lowest BCUT2D eigenvalue weighted by Crippen LogP contribution is -2.09. The third-order valence-corrected chi connectivity index (χ3v) is 3.24. The first-order valence-electron chi connectivity index (χ1n) is 5.72. The highest BCUT2D eigenvalue weighted by Crippen LogP contribution is 2.38. The van der Waals surface area contributed by atoms with Crippen LogP contribution in [0.5, 0.6) is 11.5 Å². The van der Waals surface area contributed by atoms with Crippen LogP contribution in [0.25, 0.3) is 0 Å². The van der Waals surface area contributed by atoms with Crippen LogP contribution in [0.4, 0.5) is 13.2 Å². The van der Waals surface area contributed by atoms with E-state index >= 15 is 0 Å². The van der Waals surface area contributed by atoms with E-state index in [9.17, 15) is 13.2 Å². The van der Waals surface area contributed by atoms with Crippen molar-refractivity contribution in [3.8, 4) is 11.5 Å². The molecular formula is C13H16ClF3O2. The molecule has 0 amide bonds. The maximum Gasteiger partial charge on any atom is 0.389 e. The molecule has 1 aromatic carbocycles. The van der Waals surface area contributed by atoms with Gasteiger partial charge in [-0.3, -0.25) is 0 Å². The molecule has 1 aromatic rings. The van der Waals surface area contributed by atoms with E-state index in [-0.39, 0.29) is 6.42 Å². The highest BCUT2D eigenvalue weighted by molar-refractivity contribution is 6.20. The molecule has 0 saturated heterocycles. The summed E-state index contributed by atoms with van der Waals surface area (Å²) in [5.41, 5.74) is 1.41. The third-order valence-electron chi connectivity index (χ3n) is 2.79. The van der Waals surface area contributed by atoms with E-state index in [0.717, 1.165) is 5.56 Å². The van der Waals surface area contributed by atoms with Gasteiger partial charge in [0, 0.05) is 6.42 Å². The Hall–Kier alpha value is -1.10. The zero-order valence-corrected chi connectivity index (χ0v) is 11.7. The Labute approximate surface area is 115 Å². The fourth-order valence-electron chi connectivity index (χ4n) is 1.78.